The number of nitrogens with zero attached hydrogens (tertiary/aromatic N) is 3. The summed E-state index contributed by atoms with van der Waals surface area (Å²) in [6.07, 6.45) is 0. The molecule has 1 aromatic heterocycles. The molecule has 6 nitrogen and oxygen atoms in total. The minimum atomic E-state index is -0.328. The molecule has 3 aromatic rings. The average molecular weight is 553 g/mol. The van der Waals surface area contributed by atoms with Crippen LogP contribution < -0.4 is 10.2 Å². The lowest BCUT2D eigenvalue weighted by atomic mass is 9.87. The fraction of sp³-hybridized carbons (Fsp3) is 0.433. The molecule has 0 saturated carbocycles. The number of carbonyl (C=O) groups excluding carboxylic acids is 2. The Morgan fingerprint density at radius 1 is 1.13 bits per heavy atom. The Morgan fingerprint density at radius 2 is 1.79 bits per heavy atom. The first-order chi connectivity index (χ1) is 17.9. The SMILES string of the molecule is Cc1ccccc1-n1nc(C(C)(C)C)c2c1N(CC(=O)NC(C)C(C)C)C(=O)CSC2c1ccccc1Cl. The summed E-state index contributed by atoms with van der Waals surface area (Å²) in [5.74, 6) is 0.806. The van der Waals surface area contributed by atoms with E-state index >= 15 is 0 Å². The van der Waals surface area contributed by atoms with E-state index in [1.165, 1.54) is 11.8 Å². The Hall–Kier alpha value is -2.77. The summed E-state index contributed by atoms with van der Waals surface area (Å²) in [6, 6.07) is 15.7. The molecule has 2 aromatic carbocycles. The van der Waals surface area contributed by atoms with Crippen LogP contribution in [0.4, 0.5) is 5.82 Å². The zero-order valence-corrected chi connectivity index (χ0v) is 24.8. The lowest BCUT2D eigenvalue weighted by Gasteiger charge is -2.26. The van der Waals surface area contributed by atoms with Gasteiger partial charge in [0, 0.05) is 22.0 Å². The van der Waals surface area contributed by atoms with E-state index in [0.29, 0.717) is 10.8 Å². The van der Waals surface area contributed by atoms with Gasteiger partial charge in [0.15, 0.2) is 0 Å². The lowest BCUT2D eigenvalue weighted by Crippen LogP contribution is -2.46. The van der Waals surface area contributed by atoms with Crippen molar-refractivity contribution in [2.75, 3.05) is 17.2 Å². The zero-order chi connectivity index (χ0) is 27.8. The van der Waals surface area contributed by atoms with Crippen LogP contribution in [-0.4, -0.2) is 39.9 Å². The first-order valence-electron chi connectivity index (χ1n) is 13.0. The third kappa shape index (κ3) is 5.64. The number of halogens is 1. The maximum Gasteiger partial charge on any atom is 0.240 e. The molecule has 2 heterocycles. The van der Waals surface area contributed by atoms with E-state index in [1.54, 1.807) is 4.90 Å². The molecule has 2 unspecified atom stereocenters. The molecule has 0 aliphatic carbocycles. The van der Waals surface area contributed by atoms with Gasteiger partial charge in [-0.25, -0.2) is 4.68 Å². The van der Waals surface area contributed by atoms with Gasteiger partial charge in [-0.15, -0.1) is 11.8 Å². The Balaban J connectivity index is 1.99. The van der Waals surface area contributed by atoms with Crippen LogP contribution >= 0.6 is 23.4 Å². The quantitative estimate of drug-likeness (QED) is 0.381. The van der Waals surface area contributed by atoms with E-state index in [1.807, 2.05) is 67.1 Å². The van der Waals surface area contributed by atoms with E-state index in [9.17, 15) is 9.59 Å². The van der Waals surface area contributed by atoms with Crippen molar-refractivity contribution in [3.63, 3.8) is 0 Å². The van der Waals surface area contributed by atoms with E-state index in [4.69, 9.17) is 16.7 Å². The number of benzene rings is 2. The summed E-state index contributed by atoms with van der Waals surface area (Å²) in [5, 5.41) is 8.64. The number of aryl methyl sites for hydroxylation is 1. The summed E-state index contributed by atoms with van der Waals surface area (Å²) >= 11 is 8.27. The molecule has 2 atom stereocenters. The van der Waals surface area contributed by atoms with Gasteiger partial charge in [0.25, 0.3) is 0 Å². The molecule has 38 heavy (non-hydrogen) atoms. The van der Waals surface area contributed by atoms with Gasteiger partial charge < -0.3 is 5.32 Å². The Kier molecular flexibility index (Phi) is 8.29. The molecular weight excluding hydrogens is 516 g/mol. The second kappa shape index (κ2) is 11.1. The maximum absolute atomic E-state index is 13.8. The number of rotatable bonds is 6. The van der Waals surface area contributed by atoms with Gasteiger partial charge in [-0.05, 0) is 43.0 Å². The van der Waals surface area contributed by atoms with Crippen molar-refractivity contribution in [1.82, 2.24) is 15.1 Å². The minimum absolute atomic E-state index is 0.0132. The molecular formula is C30H37ClN4O2S. The van der Waals surface area contributed by atoms with Gasteiger partial charge >= 0.3 is 0 Å². The van der Waals surface area contributed by atoms with Crippen molar-refractivity contribution < 1.29 is 9.59 Å². The summed E-state index contributed by atoms with van der Waals surface area (Å²) in [5.41, 5.74) is 4.31. The molecule has 8 heteroatoms. The maximum atomic E-state index is 13.8. The molecule has 1 aliphatic heterocycles. The summed E-state index contributed by atoms with van der Waals surface area (Å²) < 4.78 is 1.86. The topological polar surface area (TPSA) is 67.2 Å². The Bertz CT molecular complexity index is 1340. The van der Waals surface area contributed by atoms with Crippen LogP contribution in [0.25, 0.3) is 5.69 Å². The van der Waals surface area contributed by atoms with Crippen molar-refractivity contribution in [3.8, 4) is 5.69 Å². The fourth-order valence-corrected chi connectivity index (χ4v) is 6.13. The number of hydrogen-bond donors (Lipinski definition) is 1. The molecule has 0 bridgehead atoms. The van der Waals surface area contributed by atoms with Crippen LogP contribution in [0.15, 0.2) is 48.5 Å². The second-order valence-electron chi connectivity index (χ2n) is 11.3. The molecule has 2 amide bonds. The predicted molar refractivity (Wildman–Crippen MR) is 158 cm³/mol. The highest BCUT2D eigenvalue weighted by atomic mass is 35.5. The van der Waals surface area contributed by atoms with E-state index in [0.717, 1.165) is 28.1 Å². The highest BCUT2D eigenvalue weighted by Crippen LogP contribution is 2.49. The molecule has 0 spiro atoms. The highest BCUT2D eigenvalue weighted by molar-refractivity contribution is 8.00. The number of thioether (sulfide) groups is 1. The Morgan fingerprint density at radius 3 is 2.42 bits per heavy atom. The number of para-hydroxylation sites is 1. The fourth-order valence-electron chi connectivity index (χ4n) is 4.59. The van der Waals surface area contributed by atoms with Gasteiger partial charge in [-0.2, -0.15) is 5.10 Å². The van der Waals surface area contributed by atoms with Gasteiger partial charge in [0.05, 0.1) is 22.4 Å². The molecule has 0 fully saturated rings. The predicted octanol–water partition coefficient (Wildman–Crippen LogP) is 6.46. The van der Waals surface area contributed by atoms with Crippen molar-refractivity contribution in [2.24, 2.45) is 5.92 Å². The van der Waals surface area contributed by atoms with Gasteiger partial charge in [0.1, 0.15) is 12.4 Å². The van der Waals surface area contributed by atoms with Crippen molar-refractivity contribution in [2.45, 2.75) is 65.2 Å². The summed E-state index contributed by atoms with van der Waals surface area (Å²) in [7, 11) is 0. The van der Waals surface area contributed by atoms with Crippen molar-refractivity contribution >= 4 is 41.0 Å². The Labute approximate surface area is 235 Å². The van der Waals surface area contributed by atoms with Gasteiger partial charge in [-0.3, -0.25) is 14.5 Å². The normalized spacial score (nSPS) is 16.8. The third-order valence-corrected chi connectivity index (χ3v) is 8.60. The lowest BCUT2D eigenvalue weighted by molar-refractivity contribution is -0.123. The summed E-state index contributed by atoms with van der Waals surface area (Å²) in [4.78, 5) is 28.6. The number of aromatic nitrogens is 2. The standard InChI is InChI=1S/C30H37ClN4O2S/c1-18(2)20(4)32-24(36)16-34-25(37)17-38-27(21-13-9-10-14-22(21)31)26-28(30(5,6)7)33-35(29(26)34)23-15-11-8-12-19(23)3/h8-15,18,20,27H,16-17H2,1-7H3,(H,32,36). The van der Waals surface area contributed by atoms with Crippen LogP contribution in [0.5, 0.6) is 0 Å². The van der Waals surface area contributed by atoms with Gasteiger partial charge in [-0.1, -0.05) is 82.6 Å². The minimum Gasteiger partial charge on any atom is -0.352 e. The van der Waals surface area contributed by atoms with Crippen LogP contribution in [0.2, 0.25) is 5.02 Å². The molecule has 1 N–H and O–H groups in total. The van der Waals surface area contributed by atoms with Crippen LogP contribution in [0, 0.1) is 12.8 Å². The van der Waals surface area contributed by atoms with Crippen molar-refractivity contribution in [1.29, 1.82) is 0 Å². The number of amides is 2. The highest BCUT2D eigenvalue weighted by Gasteiger charge is 2.40. The number of anilines is 1. The van der Waals surface area contributed by atoms with E-state index < -0.39 is 0 Å². The number of fused-ring (bicyclic) bond motifs is 1. The largest absolute Gasteiger partial charge is 0.352 e. The van der Waals surface area contributed by atoms with Crippen LogP contribution in [0.1, 0.15) is 69.2 Å². The van der Waals surface area contributed by atoms with Gasteiger partial charge in [0.2, 0.25) is 11.8 Å². The number of hydrogen-bond acceptors (Lipinski definition) is 4. The first-order valence-corrected chi connectivity index (χ1v) is 14.5. The van der Waals surface area contributed by atoms with Crippen LogP contribution in [-0.2, 0) is 15.0 Å². The monoisotopic (exact) mass is 552 g/mol. The van der Waals surface area contributed by atoms with Crippen molar-refractivity contribution in [3.05, 3.63) is 75.9 Å². The average Bonchev–Trinajstić information content (AvgIpc) is 3.18. The zero-order valence-electron chi connectivity index (χ0n) is 23.2. The summed E-state index contributed by atoms with van der Waals surface area (Å²) in [6.45, 7) is 14.4. The smallest absolute Gasteiger partial charge is 0.240 e. The molecule has 4 rings (SSSR count). The molecule has 0 saturated heterocycles. The third-order valence-electron chi connectivity index (χ3n) is 7.02. The van der Waals surface area contributed by atoms with E-state index in [-0.39, 0.29) is 46.7 Å². The van der Waals surface area contributed by atoms with E-state index in [2.05, 4.69) is 39.9 Å². The molecule has 0 radical (unpaired) electrons. The first kappa shape index (κ1) is 28.2. The molecule has 202 valence electrons. The van der Waals surface area contributed by atoms with Crippen LogP contribution in [0.3, 0.4) is 0 Å². The second-order valence-corrected chi connectivity index (χ2v) is 12.8. The number of carbonyl (C=O) groups is 2. The molecule has 1 aliphatic rings. The number of nitrogens with one attached hydrogen (secondary N) is 1.